The number of carbonyl (C=O) groups is 2. The van der Waals surface area contributed by atoms with Crippen molar-refractivity contribution in [3.05, 3.63) is 41.2 Å². The highest BCUT2D eigenvalue weighted by Crippen LogP contribution is 2.28. The molecular weight excluding hydrogens is 356 g/mol. The number of nitrogens with zero attached hydrogens (tertiary/aromatic N) is 4. The Bertz CT molecular complexity index is 863. The van der Waals surface area contributed by atoms with Crippen molar-refractivity contribution < 1.29 is 14.3 Å². The third-order valence-corrected chi connectivity index (χ3v) is 5.19. The number of piperazine rings is 1. The molecule has 0 bridgehead atoms. The predicted octanol–water partition coefficient (Wildman–Crippen LogP) is 2.62. The van der Waals surface area contributed by atoms with Crippen LogP contribution in [0.1, 0.15) is 48.4 Å². The maximum absolute atomic E-state index is 13.3. The third kappa shape index (κ3) is 3.74. The smallest absolute Gasteiger partial charge is 0.257 e. The second kappa shape index (κ2) is 8.04. The van der Waals surface area contributed by atoms with E-state index in [9.17, 15) is 9.59 Å². The molecule has 3 rings (SSSR count). The normalized spacial score (nSPS) is 14.5. The molecule has 0 N–H and O–H groups in total. The summed E-state index contributed by atoms with van der Waals surface area (Å²) < 4.78 is 7.10. The summed E-state index contributed by atoms with van der Waals surface area (Å²) in [7, 11) is 1.63. The molecule has 1 fully saturated rings. The van der Waals surface area contributed by atoms with Crippen LogP contribution in [0.5, 0.6) is 5.75 Å². The van der Waals surface area contributed by atoms with E-state index in [4.69, 9.17) is 4.74 Å². The number of hydrogen-bond acceptors (Lipinski definition) is 4. The zero-order valence-electron chi connectivity index (χ0n) is 17.2. The molecule has 0 spiro atoms. The highest BCUT2D eigenvalue weighted by atomic mass is 16.5. The van der Waals surface area contributed by atoms with Crippen LogP contribution in [-0.4, -0.2) is 64.7 Å². The fourth-order valence-corrected chi connectivity index (χ4v) is 3.65. The van der Waals surface area contributed by atoms with Gasteiger partial charge in [-0.3, -0.25) is 9.59 Å². The van der Waals surface area contributed by atoms with Gasteiger partial charge in [0.15, 0.2) is 0 Å². The lowest BCUT2D eigenvalue weighted by Gasteiger charge is -2.34. The first-order valence-electron chi connectivity index (χ1n) is 9.62. The van der Waals surface area contributed by atoms with Crippen molar-refractivity contribution in [2.45, 2.75) is 33.6 Å². The van der Waals surface area contributed by atoms with Crippen molar-refractivity contribution >= 4 is 11.8 Å². The molecule has 2 amide bonds. The third-order valence-electron chi connectivity index (χ3n) is 5.19. The lowest BCUT2D eigenvalue weighted by molar-refractivity contribution is -0.130. The van der Waals surface area contributed by atoms with Gasteiger partial charge < -0.3 is 14.5 Å². The number of carbonyl (C=O) groups excluding carboxylic acids is 2. The van der Waals surface area contributed by atoms with Gasteiger partial charge in [0.2, 0.25) is 5.91 Å². The van der Waals surface area contributed by atoms with Gasteiger partial charge >= 0.3 is 0 Å². The largest absolute Gasteiger partial charge is 0.497 e. The van der Waals surface area contributed by atoms with Crippen LogP contribution in [0, 0.1) is 6.92 Å². The van der Waals surface area contributed by atoms with Gasteiger partial charge in [0.05, 0.1) is 29.7 Å². The molecule has 1 aromatic carbocycles. The molecule has 1 aliphatic heterocycles. The van der Waals surface area contributed by atoms with Gasteiger partial charge in [-0.1, -0.05) is 13.8 Å². The van der Waals surface area contributed by atoms with E-state index in [0.717, 1.165) is 22.8 Å². The average molecular weight is 384 g/mol. The summed E-state index contributed by atoms with van der Waals surface area (Å²) in [5.41, 5.74) is 3.19. The molecule has 1 aliphatic rings. The van der Waals surface area contributed by atoms with Gasteiger partial charge in [0.1, 0.15) is 5.75 Å². The molecule has 28 heavy (non-hydrogen) atoms. The van der Waals surface area contributed by atoms with Crippen molar-refractivity contribution in [2.24, 2.45) is 0 Å². The number of methoxy groups -OCH3 is 1. The van der Waals surface area contributed by atoms with E-state index in [1.165, 1.54) is 0 Å². The second-order valence-corrected chi connectivity index (χ2v) is 7.41. The number of hydrogen-bond donors (Lipinski definition) is 0. The maximum Gasteiger partial charge on any atom is 0.257 e. The molecule has 0 radical (unpaired) electrons. The van der Waals surface area contributed by atoms with Crippen LogP contribution in [-0.2, 0) is 4.79 Å². The number of rotatable bonds is 4. The van der Waals surface area contributed by atoms with Gasteiger partial charge in [-0.2, -0.15) is 5.10 Å². The topological polar surface area (TPSA) is 67.7 Å². The Labute approximate surface area is 165 Å². The first-order valence-corrected chi connectivity index (χ1v) is 9.62. The van der Waals surface area contributed by atoms with Crippen LogP contribution in [0.3, 0.4) is 0 Å². The Balaban J connectivity index is 1.94. The minimum atomic E-state index is -0.0100. The number of benzene rings is 1. The van der Waals surface area contributed by atoms with Gasteiger partial charge in [0.25, 0.3) is 5.91 Å². The number of aryl methyl sites for hydroxylation is 1. The van der Waals surface area contributed by atoms with Crippen LogP contribution in [0.15, 0.2) is 24.3 Å². The first-order chi connectivity index (χ1) is 13.3. The van der Waals surface area contributed by atoms with Gasteiger partial charge in [-0.15, -0.1) is 0 Å². The van der Waals surface area contributed by atoms with Crippen LogP contribution in [0.4, 0.5) is 0 Å². The molecule has 1 aromatic heterocycles. The Morgan fingerprint density at radius 1 is 1.04 bits per heavy atom. The summed E-state index contributed by atoms with van der Waals surface area (Å²) in [6.45, 7) is 9.82. The van der Waals surface area contributed by atoms with E-state index < -0.39 is 0 Å². The molecule has 1 saturated heterocycles. The van der Waals surface area contributed by atoms with E-state index in [1.54, 1.807) is 18.9 Å². The predicted molar refractivity (Wildman–Crippen MR) is 107 cm³/mol. The minimum Gasteiger partial charge on any atom is -0.497 e. The Morgan fingerprint density at radius 3 is 2.11 bits per heavy atom. The molecule has 0 aliphatic carbocycles. The monoisotopic (exact) mass is 384 g/mol. The summed E-state index contributed by atoms with van der Waals surface area (Å²) in [6, 6.07) is 7.66. The fourth-order valence-electron chi connectivity index (χ4n) is 3.65. The first kappa shape index (κ1) is 19.9. The maximum atomic E-state index is 13.3. The van der Waals surface area contributed by atoms with Crippen molar-refractivity contribution in [1.82, 2.24) is 19.6 Å². The summed E-state index contributed by atoms with van der Waals surface area (Å²) >= 11 is 0. The molecule has 2 heterocycles. The molecule has 7 nitrogen and oxygen atoms in total. The molecule has 0 saturated carbocycles. The summed E-state index contributed by atoms with van der Waals surface area (Å²) in [5.74, 6) is 0.946. The van der Waals surface area contributed by atoms with Crippen molar-refractivity contribution in [2.75, 3.05) is 33.3 Å². The molecule has 0 atom stereocenters. The fraction of sp³-hybridized carbons (Fsp3) is 0.476. The summed E-state index contributed by atoms with van der Waals surface area (Å²) in [4.78, 5) is 28.5. The van der Waals surface area contributed by atoms with Crippen LogP contribution < -0.4 is 4.74 Å². The van der Waals surface area contributed by atoms with Crippen LogP contribution >= 0.6 is 0 Å². The quantitative estimate of drug-likeness (QED) is 0.813. The summed E-state index contributed by atoms with van der Waals surface area (Å²) in [5, 5.41) is 4.68. The van der Waals surface area contributed by atoms with Crippen molar-refractivity contribution in [3.63, 3.8) is 0 Å². The highest BCUT2D eigenvalue weighted by Gasteiger charge is 2.30. The number of ether oxygens (including phenoxy) is 1. The summed E-state index contributed by atoms with van der Waals surface area (Å²) in [6.07, 6.45) is 0. The Kier molecular flexibility index (Phi) is 5.72. The van der Waals surface area contributed by atoms with E-state index in [0.29, 0.717) is 31.7 Å². The Morgan fingerprint density at radius 2 is 1.61 bits per heavy atom. The molecule has 7 heteroatoms. The van der Waals surface area contributed by atoms with E-state index in [1.807, 2.05) is 40.8 Å². The van der Waals surface area contributed by atoms with E-state index in [2.05, 4.69) is 18.9 Å². The van der Waals surface area contributed by atoms with E-state index in [-0.39, 0.29) is 17.7 Å². The lowest BCUT2D eigenvalue weighted by atomic mass is 10.0. The van der Waals surface area contributed by atoms with Gasteiger partial charge in [-0.05, 0) is 37.1 Å². The van der Waals surface area contributed by atoms with Crippen molar-refractivity contribution in [3.8, 4) is 11.4 Å². The van der Waals surface area contributed by atoms with Gasteiger partial charge in [-0.25, -0.2) is 4.68 Å². The number of aromatic nitrogens is 2. The molecule has 2 aromatic rings. The van der Waals surface area contributed by atoms with Crippen LogP contribution in [0.2, 0.25) is 0 Å². The molecular formula is C21H28N4O3. The molecule has 0 unspecified atom stereocenters. The van der Waals surface area contributed by atoms with Gasteiger partial charge in [0, 0.05) is 33.1 Å². The molecule has 150 valence electrons. The van der Waals surface area contributed by atoms with E-state index >= 15 is 0 Å². The highest BCUT2D eigenvalue weighted by molar-refractivity contribution is 5.97. The Hall–Kier alpha value is -2.83. The van der Waals surface area contributed by atoms with Crippen molar-refractivity contribution in [1.29, 1.82) is 0 Å². The standard InChI is InChI=1S/C21H28N4O3/c1-14(2)20-19(21(27)24-12-10-23(11-13-24)16(4)26)15(3)22-25(20)17-6-8-18(28-5)9-7-17/h6-9,14H,10-13H2,1-5H3. The van der Waals surface area contributed by atoms with Crippen LogP contribution in [0.25, 0.3) is 5.69 Å². The lowest BCUT2D eigenvalue weighted by Crippen LogP contribution is -2.50. The number of amides is 2. The zero-order chi connectivity index (χ0) is 20.4. The SMILES string of the molecule is COc1ccc(-n2nc(C)c(C(=O)N3CCN(C(C)=O)CC3)c2C(C)C)cc1. The second-order valence-electron chi connectivity index (χ2n) is 7.41. The zero-order valence-corrected chi connectivity index (χ0v) is 17.2. The average Bonchev–Trinajstić information content (AvgIpc) is 3.05. The minimum absolute atomic E-state index is 0.0100.